The van der Waals surface area contributed by atoms with Gasteiger partial charge in [0.2, 0.25) is 0 Å². The lowest BCUT2D eigenvalue weighted by Gasteiger charge is -2.24. The maximum atomic E-state index is 11.4. The highest BCUT2D eigenvalue weighted by Crippen LogP contribution is 2.35. The summed E-state index contributed by atoms with van der Waals surface area (Å²) in [5.41, 5.74) is 3.52. The Bertz CT molecular complexity index is 501. The van der Waals surface area contributed by atoms with Crippen LogP contribution in [0.1, 0.15) is 50.3 Å². The average Bonchev–Trinajstić information content (AvgIpc) is 2.43. The molecule has 0 heterocycles. The minimum Gasteiger partial charge on any atom is -0.496 e. The fraction of sp³-hybridized carbons (Fsp3) is 0.611. The van der Waals surface area contributed by atoms with Gasteiger partial charge in [-0.15, -0.1) is 0 Å². The van der Waals surface area contributed by atoms with E-state index in [1.165, 1.54) is 11.1 Å². The van der Waals surface area contributed by atoms with Gasteiger partial charge in [-0.25, -0.2) is 0 Å². The second-order valence-electron chi connectivity index (χ2n) is 6.54. The number of hydrogen-bond donors (Lipinski definition) is 1. The van der Waals surface area contributed by atoms with Crippen molar-refractivity contribution in [2.75, 3.05) is 20.3 Å². The molecule has 1 N–H and O–H groups in total. The summed E-state index contributed by atoms with van der Waals surface area (Å²) in [7, 11) is 1.70. The van der Waals surface area contributed by atoms with E-state index in [1.807, 2.05) is 6.92 Å². The molecule has 0 bridgehead atoms. The van der Waals surface area contributed by atoms with Gasteiger partial charge in [0.1, 0.15) is 12.4 Å². The lowest BCUT2D eigenvalue weighted by atomic mass is 9.83. The van der Waals surface area contributed by atoms with Crippen molar-refractivity contribution in [1.82, 2.24) is 0 Å². The fourth-order valence-electron chi connectivity index (χ4n) is 2.49. The fourth-order valence-corrected chi connectivity index (χ4v) is 2.49. The SMILES string of the molecule is COc1c(C)cc(CCCC(=O)OCCO)cc1C(C)(C)C. The van der Waals surface area contributed by atoms with Crippen LogP contribution in [0, 0.1) is 6.92 Å². The molecular weight excluding hydrogens is 280 g/mol. The first kappa shape index (κ1) is 18.5. The van der Waals surface area contributed by atoms with Gasteiger partial charge in [0, 0.05) is 12.0 Å². The van der Waals surface area contributed by atoms with Gasteiger partial charge >= 0.3 is 5.97 Å². The van der Waals surface area contributed by atoms with Crippen molar-refractivity contribution in [2.45, 2.75) is 52.4 Å². The van der Waals surface area contributed by atoms with Crippen LogP contribution in [-0.2, 0) is 21.4 Å². The highest BCUT2D eigenvalue weighted by Gasteiger charge is 2.21. The quantitative estimate of drug-likeness (QED) is 0.786. The van der Waals surface area contributed by atoms with Crippen molar-refractivity contribution < 1.29 is 19.4 Å². The smallest absolute Gasteiger partial charge is 0.305 e. The summed E-state index contributed by atoms with van der Waals surface area (Å²) in [5, 5.41) is 8.62. The second kappa shape index (κ2) is 8.18. The van der Waals surface area contributed by atoms with Crippen LogP contribution < -0.4 is 4.74 Å². The van der Waals surface area contributed by atoms with Crippen LogP contribution in [0.2, 0.25) is 0 Å². The summed E-state index contributed by atoms with van der Waals surface area (Å²) in [6.45, 7) is 8.50. The molecule has 0 radical (unpaired) electrons. The van der Waals surface area contributed by atoms with E-state index < -0.39 is 0 Å². The molecule has 0 aliphatic carbocycles. The largest absolute Gasteiger partial charge is 0.496 e. The topological polar surface area (TPSA) is 55.8 Å². The lowest BCUT2D eigenvalue weighted by Crippen LogP contribution is -2.14. The van der Waals surface area contributed by atoms with Crippen molar-refractivity contribution in [1.29, 1.82) is 0 Å². The molecule has 1 aromatic carbocycles. The summed E-state index contributed by atoms with van der Waals surface area (Å²) >= 11 is 0. The predicted molar refractivity (Wildman–Crippen MR) is 87.4 cm³/mol. The molecule has 0 unspecified atom stereocenters. The van der Waals surface area contributed by atoms with Crippen molar-refractivity contribution in [3.8, 4) is 5.75 Å². The lowest BCUT2D eigenvalue weighted by molar-refractivity contribution is -0.144. The van der Waals surface area contributed by atoms with E-state index in [0.717, 1.165) is 24.2 Å². The van der Waals surface area contributed by atoms with Gasteiger partial charge in [0.05, 0.1) is 13.7 Å². The molecule has 124 valence electrons. The van der Waals surface area contributed by atoms with Crippen LogP contribution in [0.15, 0.2) is 12.1 Å². The predicted octanol–water partition coefficient (Wildman–Crippen LogP) is 3.16. The zero-order valence-electron chi connectivity index (χ0n) is 14.4. The van der Waals surface area contributed by atoms with Gasteiger partial charge in [0.25, 0.3) is 0 Å². The van der Waals surface area contributed by atoms with Gasteiger partial charge in [-0.1, -0.05) is 32.9 Å². The normalized spacial score (nSPS) is 11.4. The van der Waals surface area contributed by atoms with Crippen LogP contribution in [-0.4, -0.2) is 31.4 Å². The van der Waals surface area contributed by atoms with E-state index in [-0.39, 0.29) is 24.6 Å². The van der Waals surface area contributed by atoms with Crippen molar-refractivity contribution in [3.63, 3.8) is 0 Å². The Hall–Kier alpha value is -1.55. The van der Waals surface area contributed by atoms with Crippen LogP contribution in [0.25, 0.3) is 0 Å². The van der Waals surface area contributed by atoms with Gasteiger partial charge in [-0.3, -0.25) is 4.79 Å². The molecule has 0 atom stereocenters. The number of aryl methyl sites for hydroxylation is 2. The average molecular weight is 308 g/mol. The summed E-state index contributed by atoms with van der Waals surface area (Å²) in [6, 6.07) is 4.29. The molecule has 0 aromatic heterocycles. The number of methoxy groups -OCH3 is 1. The third-order valence-electron chi connectivity index (χ3n) is 3.55. The molecule has 1 rings (SSSR count). The number of hydrogen-bond acceptors (Lipinski definition) is 4. The Morgan fingerprint density at radius 2 is 1.95 bits per heavy atom. The molecule has 0 aliphatic rings. The Balaban J connectivity index is 2.76. The number of benzene rings is 1. The van der Waals surface area contributed by atoms with Gasteiger partial charge < -0.3 is 14.6 Å². The first-order chi connectivity index (χ1) is 10.3. The number of aliphatic hydroxyl groups is 1. The minimum atomic E-state index is -0.254. The zero-order chi connectivity index (χ0) is 16.8. The number of ether oxygens (including phenoxy) is 2. The number of carbonyl (C=O) groups excluding carboxylic acids is 1. The van der Waals surface area contributed by atoms with Gasteiger partial charge in [0.15, 0.2) is 0 Å². The summed E-state index contributed by atoms with van der Waals surface area (Å²) in [4.78, 5) is 11.4. The minimum absolute atomic E-state index is 0.00612. The van der Waals surface area contributed by atoms with Crippen molar-refractivity contribution in [3.05, 3.63) is 28.8 Å². The van der Waals surface area contributed by atoms with E-state index in [9.17, 15) is 4.79 Å². The monoisotopic (exact) mass is 308 g/mol. The van der Waals surface area contributed by atoms with E-state index >= 15 is 0 Å². The molecule has 0 aliphatic heterocycles. The summed E-state index contributed by atoms with van der Waals surface area (Å²) < 4.78 is 10.4. The molecule has 0 amide bonds. The summed E-state index contributed by atoms with van der Waals surface area (Å²) in [5.74, 6) is 0.689. The first-order valence-electron chi connectivity index (χ1n) is 7.74. The number of carbonyl (C=O) groups is 1. The third-order valence-corrected chi connectivity index (χ3v) is 3.55. The van der Waals surface area contributed by atoms with E-state index in [0.29, 0.717) is 6.42 Å². The molecule has 0 spiro atoms. The molecule has 4 heteroatoms. The zero-order valence-corrected chi connectivity index (χ0v) is 14.4. The molecule has 1 aromatic rings. The molecular formula is C18H28O4. The number of aliphatic hydroxyl groups excluding tert-OH is 1. The molecule has 0 saturated carbocycles. The number of esters is 1. The van der Waals surface area contributed by atoms with Crippen molar-refractivity contribution in [2.24, 2.45) is 0 Å². The van der Waals surface area contributed by atoms with Crippen LogP contribution in [0.3, 0.4) is 0 Å². The third kappa shape index (κ3) is 5.34. The Morgan fingerprint density at radius 3 is 2.50 bits per heavy atom. The molecule has 4 nitrogen and oxygen atoms in total. The maximum absolute atomic E-state index is 11.4. The van der Waals surface area contributed by atoms with Crippen LogP contribution in [0.5, 0.6) is 5.75 Å². The van der Waals surface area contributed by atoms with E-state index in [4.69, 9.17) is 14.6 Å². The molecule has 22 heavy (non-hydrogen) atoms. The molecule has 0 saturated heterocycles. The Labute approximate surface area is 133 Å². The Kier molecular flexibility index (Phi) is 6.88. The summed E-state index contributed by atoms with van der Waals surface area (Å²) in [6.07, 6.45) is 1.93. The van der Waals surface area contributed by atoms with E-state index in [1.54, 1.807) is 7.11 Å². The number of rotatable bonds is 7. The molecule has 0 fully saturated rings. The highest BCUT2D eigenvalue weighted by atomic mass is 16.5. The van der Waals surface area contributed by atoms with Gasteiger partial charge in [-0.2, -0.15) is 0 Å². The highest BCUT2D eigenvalue weighted by molar-refractivity contribution is 5.69. The van der Waals surface area contributed by atoms with E-state index in [2.05, 4.69) is 32.9 Å². The van der Waals surface area contributed by atoms with Crippen molar-refractivity contribution >= 4 is 5.97 Å². The van der Waals surface area contributed by atoms with Crippen LogP contribution in [0.4, 0.5) is 0 Å². The Morgan fingerprint density at radius 1 is 1.27 bits per heavy atom. The maximum Gasteiger partial charge on any atom is 0.305 e. The second-order valence-corrected chi connectivity index (χ2v) is 6.54. The van der Waals surface area contributed by atoms with Crippen LogP contribution >= 0.6 is 0 Å². The van der Waals surface area contributed by atoms with Gasteiger partial charge in [-0.05, 0) is 36.3 Å². The standard InChI is InChI=1S/C18H28O4/c1-13-11-14(7-6-8-16(20)22-10-9-19)12-15(17(13)21-5)18(2,3)4/h11-12,19H,6-10H2,1-5H3. The first-order valence-corrected chi connectivity index (χ1v) is 7.74.